The number of aryl methyl sites for hydroxylation is 1. The number of methoxy groups -OCH3 is 3. The second kappa shape index (κ2) is 7.05. The zero-order valence-electron chi connectivity index (χ0n) is 15.9. The minimum atomic E-state index is -0.219. The number of nitrogens with zero attached hydrogens (tertiary/aromatic N) is 2. The molecule has 7 nitrogen and oxygen atoms in total. The van der Waals surface area contributed by atoms with E-state index in [-0.39, 0.29) is 5.56 Å². The summed E-state index contributed by atoms with van der Waals surface area (Å²) in [6.07, 6.45) is 0. The van der Waals surface area contributed by atoms with Gasteiger partial charge in [0.15, 0.2) is 11.5 Å². The van der Waals surface area contributed by atoms with E-state index in [1.807, 2.05) is 24.4 Å². The van der Waals surface area contributed by atoms with Crippen LogP contribution < -0.4 is 19.8 Å². The summed E-state index contributed by atoms with van der Waals surface area (Å²) in [5, 5.41) is 6.41. The highest BCUT2D eigenvalue weighted by Gasteiger charge is 2.18. The number of thiophene rings is 1. The number of fused-ring (bicyclic) bond motifs is 1. The Morgan fingerprint density at radius 3 is 2.36 bits per heavy atom. The Kier molecular flexibility index (Phi) is 4.56. The van der Waals surface area contributed by atoms with Gasteiger partial charge in [0.25, 0.3) is 5.56 Å². The van der Waals surface area contributed by atoms with Crippen LogP contribution in [0.2, 0.25) is 0 Å². The van der Waals surface area contributed by atoms with Gasteiger partial charge in [-0.05, 0) is 30.5 Å². The number of aromatic nitrogens is 3. The molecule has 28 heavy (non-hydrogen) atoms. The van der Waals surface area contributed by atoms with Crippen molar-refractivity contribution in [2.24, 2.45) is 0 Å². The highest BCUT2D eigenvalue weighted by molar-refractivity contribution is 7.13. The lowest BCUT2D eigenvalue weighted by Gasteiger charge is -2.14. The maximum atomic E-state index is 12.7. The van der Waals surface area contributed by atoms with Gasteiger partial charge in [-0.1, -0.05) is 6.07 Å². The van der Waals surface area contributed by atoms with E-state index >= 15 is 0 Å². The molecule has 1 N–H and O–H groups in total. The van der Waals surface area contributed by atoms with Crippen molar-refractivity contribution >= 4 is 17.0 Å². The first-order valence-electron chi connectivity index (χ1n) is 8.54. The highest BCUT2D eigenvalue weighted by Crippen LogP contribution is 2.41. The molecule has 4 aromatic rings. The Labute approximate surface area is 165 Å². The van der Waals surface area contributed by atoms with Crippen molar-refractivity contribution in [1.29, 1.82) is 0 Å². The topological polar surface area (TPSA) is 77.9 Å². The third kappa shape index (κ3) is 2.82. The van der Waals surface area contributed by atoms with E-state index in [0.29, 0.717) is 28.6 Å². The number of nitrogens with one attached hydrogen (secondary N) is 1. The summed E-state index contributed by atoms with van der Waals surface area (Å²) in [5.74, 6) is 1.53. The van der Waals surface area contributed by atoms with Crippen LogP contribution in [0.25, 0.3) is 27.3 Å². The van der Waals surface area contributed by atoms with Crippen molar-refractivity contribution < 1.29 is 14.2 Å². The summed E-state index contributed by atoms with van der Waals surface area (Å²) in [4.78, 5) is 17.1. The fourth-order valence-electron chi connectivity index (χ4n) is 3.26. The highest BCUT2D eigenvalue weighted by atomic mass is 32.1. The molecule has 0 aliphatic heterocycles. The van der Waals surface area contributed by atoms with Crippen LogP contribution in [0.1, 0.15) is 5.69 Å². The zero-order chi connectivity index (χ0) is 19.8. The van der Waals surface area contributed by atoms with Gasteiger partial charge in [-0.25, -0.2) is 0 Å². The fourth-order valence-corrected chi connectivity index (χ4v) is 4.08. The molecule has 0 saturated heterocycles. The number of hydrogen-bond donors (Lipinski definition) is 1. The molecule has 144 valence electrons. The average molecular weight is 397 g/mol. The predicted molar refractivity (Wildman–Crippen MR) is 109 cm³/mol. The summed E-state index contributed by atoms with van der Waals surface area (Å²) < 4.78 is 17.6. The van der Waals surface area contributed by atoms with Crippen LogP contribution in [-0.2, 0) is 0 Å². The quantitative estimate of drug-likeness (QED) is 0.555. The summed E-state index contributed by atoms with van der Waals surface area (Å²) in [6, 6.07) is 9.11. The average Bonchev–Trinajstić information content (AvgIpc) is 3.33. The molecule has 0 bridgehead atoms. The minimum Gasteiger partial charge on any atom is -0.493 e. The van der Waals surface area contributed by atoms with Crippen LogP contribution in [-0.4, -0.2) is 35.9 Å². The molecule has 0 saturated carbocycles. The lowest BCUT2D eigenvalue weighted by Crippen LogP contribution is -2.14. The van der Waals surface area contributed by atoms with Gasteiger partial charge in [-0.2, -0.15) is 9.61 Å². The number of H-pyrrole nitrogens is 1. The SMILES string of the molecule is COc1cc(-c2cc(=O)n3nc(C)c(-c4cccs4)c3[nH]2)cc(OC)c1OC. The standard InChI is InChI=1S/C20H19N3O4S/c1-11-18(16-6-5-7-28-16)20-21-13(10-17(24)23(20)22-11)12-8-14(25-2)19(27-4)15(9-12)26-3/h5-10,21H,1-4H3. The zero-order valence-corrected chi connectivity index (χ0v) is 16.7. The van der Waals surface area contributed by atoms with Gasteiger partial charge >= 0.3 is 0 Å². The van der Waals surface area contributed by atoms with Crippen LogP contribution >= 0.6 is 11.3 Å². The molecule has 0 aliphatic rings. The number of hydrogen-bond acceptors (Lipinski definition) is 6. The molecule has 3 aromatic heterocycles. The van der Waals surface area contributed by atoms with E-state index in [2.05, 4.69) is 10.1 Å². The maximum absolute atomic E-state index is 12.7. The van der Waals surface area contributed by atoms with Crippen molar-refractivity contribution in [1.82, 2.24) is 14.6 Å². The second-order valence-corrected chi connectivity index (χ2v) is 7.08. The molecule has 0 unspecified atom stereocenters. The minimum absolute atomic E-state index is 0.219. The monoisotopic (exact) mass is 397 g/mol. The van der Waals surface area contributed by atoms with Crippen LogP contribution in [0.3, 0.4) is 0 Å². The van der Waals surface area contributed by atoms with E-state index in [1.54, 1.807) is 44.8 Å². The van der Waals surface area contributed by atoms with E-state index in [4.69, 9.17) is 14.2 Å². The van der Waals surface area contributed by atoms with Crippen LogP contribution in [0.4, 0.5) is 0 Å². The van der Waals surface area contributed by atoms with Crippen molar-refractivity contribution in [2.45, 2.75) is 6.92 Å². The molecule has 0 spiro atoms. The molecular formula is C20H19N3O4S. The van der Waals surface area contributed by atoms with Crippen molar-refractivity contribution in [3.05, 3.63) is 51.8 Å². The van der Waals surface area contributed by atoms with E-state index in [1.165, 1.54) is 10.6 Å². The van der Waals surface area contributed by atoms with Crippen LogP contribution in [0.5, 0.6) is 17.2 Å². The first-order valence-corrected chi connectivity index (χ1v) is 9.42. The third-order valence-corrected chi connectivity index (χ3v) is 5.42. The van der Waals surface area contributed by atoms with Crippen LogP contribution in [0.15, 0.2) is 40.5 Å². The Bertz CT molecular complexity index is 1180. The first-order chi connectivity index (χ1) is 13.6. The lowest BCUT2D eigenvalue weighted by molar-refractivity contribution is 0.324. The molecular weight excluding hydrogens is 378 g/mol. The first kappa shape index (κ1) is 18.1. The predicted octanol–water partition coefficient (Wildman–Crippen LogP) is 3.75. The van der Waals surface area contributed by atoms with E-state index in [0.717, 1.165) is 21.7 Å². The van der Waals surface area contributed by atoms with Gasteiger partial charge in [0.1, 0.15) is 5.65 Å². The molecule has 0 radical (unpaired) electrons. The fraction of sp³-hybridized carbons (Fsp3) is 0.200. The molecule has 4 rings (SSSR count). The Balaban J connectivity index is 1.98. The van der Waals surface area contributed by atoms with Crippen molar-refractivity contribution in [3.8, 4) is 38.9 Å². The van der Waals surface area contributed by atoms with Gasteiger partial charge in [-0.3, -0.25) is 4.79 Å². The largest absolute Gasteiger partial charge is 0.493 e. The van der Waals surface area contributed by atoms with E-state index in [9.17, 15) is 4.79 Å². The second-order valence-electron chi connectivity index (χ2n) is 6.13. The smallest absolute Gasteiger partial charge is 0.274 e. The molecule has 0 aliphatic carbocycles. The van der Waals surface area contributed by atoms with Gasteiger partial charge < -0.3 is 19.2 Å². The molecule has 0 fully saturated rings. The lowest BCUT2D eigenvalue weighted by atomic mass is 10.1. The van der Waals surface area contributed by atoms with Gasteiger partial charge in [0.05, 0.1) is 38.3 Å². The van der Waals surface area contributed by atoms with Crippen LogP contribution in [0, 0.1) is 6.92 Å². The normalized spacial score (nSPS) is 11.0. The number of rotatable bonds is 5. The van der Waals surface area contributed by atoms with Crippen molar-refractivity contribution in [3.63, 3.8) is 0 Å². The third-order valence-electron chi connectivity index (χ3n) is 4.53. The number of ether oxygens (including phenoxy) is 3. The summed E-state index contributed by atoms with van der Waals surface area (Å²) >= 11 is 1.60. The molecule has 0 atom stereocenters. The summed E-state index contributed by atoms with van der Waals surface area (Å²) in [6.45, 7) is 1.90. The molecule has 1 aromatic carbocycles. The Morgan fingerprint density at radius 1 is 1.07 bits per heavy atom. The van der Waals surface area contributed by atoms with Crippen molar-refractivity contribution in [2.75, 3.05) is 21.3 Å². The number of aromatic amines is 1. The summed E-state index contributed by atoms with van der Waals surface area (Å²) in [7, 11) is 4.67. The molecule has 0 amide bonds. The number of benzene rings is 1. The van der Waals surface area contributed by atoms with Gasteiger partial charge in [0, 0.05) is 16.5 Å². The molecule has 8 heteroatoms. The Morgan fingerprint density at radius 2 is 1.79 bits per heavy atom. The van der Waals surface area contributed by atoms with Gasteiger partial charge in [0.2, 0.25) is 5.75 Å². The van der Waals surface area contributed by atoms with Gasteiger partial charge in [-0.15, -0.1) is 11.3 Å². The summed E-state index contributed by atoms with van der Waals surface area (Å²) in [5.41, 5.74) is 3.51. The maximum Gasteiger partial charge on any atom is 0.274 e. The molecule has 3 heterocycles. The Hall–Kier alpha value is -3.26. The van der Waals surface area contributed by atoms with E-state index < -0.39 is 0 Å².